The summed E-state index contributed by atoms with van der Waals surface area (Å²) in [5, 5.41) is 9.61. The van der Waals surface area contributed by atoms with Gasteiger partial charge in [0.25, 0.3) is 0 Å². The van der Waals surface area contributed by atoms with Gasteiger partial charge in [0.05, 0.1) is 5.92 Å². The van der Waals surface area contributed by atoms with E-state index in [4.69, 9.17) is 5.11 Å². The highest BCUT2D eigenvalue weighted by Crippen LogP contribution is 2.28. The minimum Gasteiger partial charge on any atom is -0.481 e. The number of carboxylic acid groups (broad SMARTS) is 1. The molecule has 2 aromatic rings. The van der Waals surface area contributed by atoms with Crippen molar-refractivity contribution in [2.45, 2.75) is 17.7 Å². The summed E-state index contributed by atoms with van der Waals surface area (Å²) in [6, 6.07) is 3.36. The van der Waals surface area contributed by atoms with Crippen molar-refractivity contribution >= 4 is 27.0 Å². The number of nitrogens with zero attached hydrogens (tertiary/aromatic N) is 2. The van der Waals surface area contributed by atoms with E-state index in [0.29, 0.717) is 30.4 Å². The minimum absolute atomic E-state index is 0.0185. The number of nitrogens with one attached hydrogen (secondary N) is 1. The second-order valence-corrected chi connectivity index (χ2v) is 7.00. The third-order valence-electron chi connectivity index (χ3n) is 3.76. The first-order chi connectivity index (χ1) is 10.00. The summed E-state index contributed by atoms with van der Waals surface area (Å²) in [5.74, 6) is -1.59. The Labute approximate surface area is 121 Å². The van der Waals surface area contributed by atoms with E-state index in [-0.39, 0.29) is 11.4 Å². The molecule has 21 heavy (non-hydrogen) atoms. The van der Waals surface area contributed by atoms with E-state index in [1.807, 2.05) is 0 Å². The summed E-state index contributed by atoms with van der Waals surface area (Å²) in [4.78, 5) is 18.1. The average Bonchev–Trinajstić information content (AvgIpc) is 2.92. The number of fused-ring (bicyclic) bond motifs is 1. The molecule has 3 rings (SSSR count). The van der Waals surface area contributed by atoms with Gasteiger partial charge in [-0.15, -0.1) is 0 Å². The highest BCUT2D eigenvalue weighted by atomic mass is 32.2. The number of aromatic amines is 1. The molecule has 1 aliphatic rings. The summed E-state index contributed by atoms with van der Waals surface area (Å²) in [6.07, 6.45) is 4.06. The van der Waals surface area contributed by atoms with E-state index in [9.17, 15) is 13.2 Å². The van der Waals surface area contributed by atoms with Crippen LogP contribution in [0.1, 0.15) is 12.8 Å². The van der Waals surface area contributed by atoms with Crippen LogP contribution >= 0.6 is 0 Å². The minimum atomic E-state index is -3.71. The van der Waals surface area contributed by atoms with E-state index in [1.165, 1.54) is 10.5 Å². The van der Waals surface area contributed by atoms with Crippen molar-refractivity contribution in [1.29, 1.82) is 0 Å². The molecule has 1 atom stereocenters. The average molecular weight is 309 g/mol. The topological polar surface area (TPSA) is 103 Å². The molecule has 8 heteroatoms. The van der Waals surface area contributed by atoms with Gasteiger partial charge in [0.15, 0.2) is 0 Å². The number of sulfonamides is 1. The van der Waals surface area contributed by atoms with E-state index >= 15 is 0 Å². The molecule has 3 heterocycles. The molecule has 0 unspecified atom stereocenters. The Hall–Kier alpha value is -1.93. The predicted molar refractivity (Wildman–Crippen MR) is 75.2 cm³/mol. The summed E-state index contributed by atoms with van der Waals surface area (Å²) in [5.41, 5.74) is 0.503. The Kier molecular flexibility index (Phi) is 3.42. The van der Waals surface area contributed by atoms with Gasteiger partial charge in [0.2, 0.25) is 10.0 Å². The first-order valence-corrected chi connectivity index (χ1v) is 8.09. The van der Waals surface area contributed by atoms with Gasteiger partial charge in [-0.2, -0.15) is 4.31 Å². The Morgan fingerprint density at radius 1 is 1.48 bits per heavy atom. The van der Waals surface area contributed by atoms with Gasteiger partial charge in [-0.1, -0.05) is 0 Å². The summed E-state index contributed by atoms with van der Waals surface area (Å²) >= 11 is 0. The maximum atomic E-state index is 12.7. The molecule has 0 radical (unpaired) electrons. The lowest BCUT2D eigenvalue weighted by molar-refractivity contribution is -0.142. The lowest BCUT2D eigenvalue weighted by atomic mass is 10.0. The standard InChI is InChI=1S/C13H15N3O4S/c17-13(18)9-3-2-6-16(8-9)21(19,20)11-7-15-12-10(11)4-1-5-14-12/h1,4-5,7,9H,2-3,6,8H2,(H,14,15)(H,17,18)/t9-/m0/s1. The molecule has 0 saturated carbocycles. The third-order valence-corrected chi connectivity index (χ3v) is 5.67. The van der Waals surface area contributed by atoms with Crippen LogP contribution in [-0.2, 0) is 14.8 Å². The quantitative estimate of drug-likeness (QED) is 0.882. The Balaban J connectivity index is 1.98. The number of pyridine rings is 1. The number of carboxylic acids is 1. The maximum absolute atomic E-state index is 12.7. The number of piperidine rings is 1. The van der Waals surface area contributed by atoms with Crippen LogP contribution in [0.5, 0.6) is 0 Å². The van der Waals surface area contributed by atoms with Gasteiger partial charge in [0, 0.05) is 30.9 Å². The molecule has 0 amide bonds. The molecular weight excluding hydrogens is 294 g/mol. The van der Waals surface area contributed by atoms with Gasteiger partial charge in [-0.05, 0) is 25.0 Å². The molecule has 7 nitrogen and oxygen atoms in total. The Morgan fingerprint density at radius 2 is 2.29 bits per heavy atom. The zero-order chi connectivity index (χ0) is 15.0. The van der Waals surface area contributed by atoms with Gasteiger partial charge >= 0.3 is 5.97 Å². The monoisotopic (exact) mass is 309 g/mol. The Bertz CT molecular complexity index is 784. The molecule has 0 aromatic carbocycles. The van der Waals surface area contributed by atoms with Crippen molar-refractivity contribution in [1.82, 2.24) is 14.3 Å². The SMILES string of the molecule is O=C(O)[C@H]1CCCN(S(=O)(=O)c2c[nH]c3ncccc23)C1. The fraction of sp³-hybridized carbons (Fsp3) is 0.385. The lowest BCUT2D eigenvalue weighted by Gasteiger charge is -2.29. The lowest BCUT2D eigenvalue weighted by Crippen LogP contribution is -2.42. The fourth-order valence-electron chi connectivity index (χ4n) is 2.65. The third kappa shape index (κ3) is 2.40. The van der Waals surface area contributed by atoms with E-state index in [1.54, 1.807) is 18.3 Å². The van der Waals surface area contributed by atoms with Crippen LogP contribution in [0.15, 0.2) is 29.4 Å². The van der Waals surface area contributed by atoms with Gasteiger partial charge in [0.1, 0.15) is 10.5 Å². The predicted octanol–water partition coefficient (Wildman–Crippen LogP) is 1.05. The molecular formula is C13H15N3O4S. The van der Waals surface area contributed by atoms with Crippen molar-refractivity contribution in [3.8, 4) is 0 Å². The molecule has 0 bridgehead atoms. The molecule has 2 N–H and O–H groups in total. The molecule has 112 valence electrons. The number of rotatable bonds is 3. The molecule has 1 fully saturated rings. The van der Waals surface area contributed by atoms with Crippen LogP contribution in [0.4, 0.5) is 0 Å². The van der Waals surface area contributed by atoms with Gasteiger partial charge in [-0.25, -0.2) is 13.4 Å². The largest absolute Gasteiger partial charge is 0.481 e. The molecule has 2 aromatic heterocycles. The van der Waals surface area contributed by atoms with Crippen LogP contribution in [0.3, 0.4) is 0 Å². The van der Waals surface area contributed by atoms with E-state index in [0.717, 1.165) is 0 Å². The highest BCUT2D eigenvalue weighted by Gasteiger charge is 2.34. The highest BCUT2D eigenvalue weighted by molar-refractivity contribution is 7.89. The second kappa shape index (κ2) is 5.12. The Morgan fingerprint density at radius 3 is 3.05 bits per heavy atom. The van der Waals surface area contributed by atoms with Crippen LogP contribution < -0.4 is 0 Å². The first kappa shape index (κ1) is 14.0. The van der Waals surface area contributed by atoms with Crippen LogP contribution in [0, 0.1) is 5.92 Å². The molecule has 0 spiro atoms. The van der Waals surface area contributed by atoms with Crippen LogP contribution in [-0.4, -0.2) is 46.9 Å². The number of hydrogen-bond donors (Lipinski definition) is 2. The summed E-state index contributed by atoms with van der Waals surface area (Å²) in [6.45, 7) is 0.365. The number of H-pyrrole nitrogens is 1. The van der Waals surface area contributed by atoms with Crippen molar-refractivity contribution < 1.29 is 18.3 Å². The van der Waals surface area contributed by atoms with Crippen molar-refractivity contribution in [2.24, 2.45) is 5.92 Å². The van der Waals surface area contributed by atoms with Crippen LogP contribution in [0.25, 0.3) is 11.0 Å². The number of carbonyl (C=O) groups is 1. The van der Waals surface area contributed by atoms with Crippen molar-refractivity contribution in [3.05, 3.63) is 24.5 Å². The fourth-order valence-corrected chi connectivity index (χ4v) is 4.32. The number of aliphatic carboxylic acids is 1. The molecule has 0 aliphatic carbocycles. The molecule has 1 aliphatic heterocycles. The zero-order valence-corrected chi connectivity index (χ0v) is 12.0. The van der Waals surface area contributed by atoms with Crippen molar-refractivity contribution in [2.75, 3.05) is 13.1 Å². The smallest absolute Gasteiger partial charge is 0.307 e. The van der Waals surface area contributed by atoms with Crippen LogP contribution in [0.2, 0.25) is 0 Å². The van der Waals surface area contributed by atoms with Gasteiger partial charge in [-0.3, -0.25) is 4.79 Å². The molecule has 1 saturated heterocycles. The van der Waals surface area contributed by atoms with Crippen molar-refractivity contribution in [3.63, 3.8) is 0 Å². The normalized spacial score (nSPS) is 20.7. The maximum Gasteiger partial charge on any atom is 0.307 e. The summed E-state index contributed by atoms with van der Waals surface area (Å²) < 4.78 is 26.7. The van der Waals surface area contributed by atoms with E-state index < -0.39 is 21.9 Å². The summed E-state index contributed by atoms with van der Waals surface area (Å²) in [7, 11) is -3.71. The first-order valence-electron chi connectivity index (χ1n) is 6.65. The van der Waals surface area contributed by atoms with Gasteiger partial charge < -0.3 is 10.1 Å². The second-order valence-electron chi connectivity index (χ2n) is 5.09. The number of aromatic nitrogens is 2. The zero-order valence-electron chi connectivity index (χ0n) is 11.2. The number of hydrogen-bond acceptors (Lipinski definition) is 4. The van der Waals surface area contributed by atoms with E-state index in [2.05, 4.69) is 9.97 Å².